The van der Waals surface area contributed by atoms with E-state index in [0.717, 1.165) is 67.1 Å². The molecule has 11 nitrogen and oxygen atoms in total. The maximum Gasteiger partial charge on any atom is 0.419 e. The lowest BCUT2D eigenvalue weighted by Gasteiger charge is -2.58. The van der Waals surface area contributed by atoms with Gasteiger partial charge in [-0.15, -0.1) is 0 Å². The van der Waals surface area contributed by atoms with Crippen LogP contribution in [0.15, 0.2) is 12.3 Å². The Morgan fingerprint density at radius 1 is 1.06 bits per heavy atom. The van der Waals surface area contributed by atoms with Gasteiger partial charge in [-0.2, -0.15) is 5.10 Å². The number of hydrogen-bond acceptors (Lipinski definition) is 8. The van der Waals surface area contributed by atoms with Crippen molar-refractivity contribution >= 4 is 46.2 Å². The van der Waals surface area contributed by atoms with E-state index in [1.807, 2.05) is 59.4 Å². The lowest BCUT2D eigenvalue weighted by Crippen LogP contribution is -2.64. The number of amides is 1. The standard InChI is InChI=1S/C36H52ClN7O4/c1-11-35(10)18-39-12-13-43(35)30-26(22(3)44(40-30)23-15-36(16-23)19-41(20-36)31(45)47-33(4,5)6)28-27-24(38)17-42(32(46)48-34(7,8)9)25(27)14-21(2)29(28)37/h14,17,23,39H,11-13,15-16,18-20,38H2,1-10H3/t35-/m0/s1. The first kappa shape index (κ1) is 34.4. The number of aromatic nitrogens is 3. The third-order valence-corrected chi connectivity index (χ3v) is 10.8. The van der Waals surface area contributed by atoms with Gasteiger partial charge in [-0.05, 0) is 93.2 Å². The number of likely N-dealkylation sites (tertiary alicyclic amines) is 1. The molecule has 48 heavy (non-hydrogen) atoms. The number of nitrogens with zero attached hydrogens (tertiary/aromatic N) is 5. The number of nitrogen functional groups attached to an aromatic ring is 1. The second-order valence-corrected chi connectivity index (χ2v) is 16.9. The molecule has 3 N–H and O–H groups in total. The van der Waals surface area contributed by atoms with Crippen molar-refractivity contribution < 1.29 is 19.1 Å². The molecule has 262 valence electrons. The predicted octanol–water partition coefficient (Wildman–Crippen LogP) is 7.29. The quantitative estimate of drug-likeness (QED) is 0.295. The minimum Gasteiger partial charge on any atom is -0.444 e. The van der Waals surface area contributed by atoms with Crippen LogP contribution in [0.3, 0.4) is 0 Å². The van der Waals surface area contributed by atoms with Gasteiger partial charge >= 0.3 is 12.2 Å². The van der Waals surface area contributed by atoms with E-state index >= 15 is 0 Å². The van der Waals surface area contributed by atoms with Gasteiger partial charge in [-0.1, -0.05) is 18.5 Å². The second kappa shape index (κ2) is 11.6. The van der Waals surface area contributed by atoms with E-state index in [4.69, 9.17) is 31.9 Å². The summed E-state index contributed by atoms with van der Waals surface area (Å²) >= 11 is 7.27. The van der Waals surface area contributed by atoms with Gasteiger partial charge in [0.15, 0.2) is 5.82 Å². The Morgan fingerprint density at radius 3 is 2.29 bits per heavy atom. The topological polar surface area (TPSA) is 120 Å². The first-order valence-corrected chi connectivity index (χ1v) is 17.5. The summed E-state index contributed by atoms with van der Waals surface area (Å²) in [5.41, 5.74) is 10.1. The van der Waals surface area contributed by atoms with Crippen molar-refractivity contribution in [3.8, 4) is 11.1 Å². The third kappa shape index (κ3) is 5.91. The fourth-order valence-electron chi connectivity index (χ4n) is 7.75. The van der Waals surface area contributed by atoms with Crippen LogP contribution in [-0.2, 0) is 9.47 Å². The van der Waals surface area contributed by atoms with Gasteiger partial charge in [-0.25, -0.2) is 9.59 Å². The van der Waals surface area contributed by atoms with Crippen LogP contribution in [0.25, 0.3) is 22.0 Å². The first-order chi connectivity index (χ1) is 22.3. The molecule has 2 saturated heterocycles. The van der Waals surface area contributed by atoms with Crippen molar-refractivity contribution in [2.24, 2.45) is 5.41 Å². The molecule has 0 bridgehead atoms. The number of ether oxygens (including phenoxy) is 2. The number of fused-ring (bicyclic) bond motifs is 1. The van der Waals surface area contributed by atoms with Crippen LogP contribution >= 0.6 is 11.6 Å². The monoisotopic (exact) mass is 681 g/mol. The highest BCUT2D eigenvalue weighted by Gasteiger charge is 2.56. The Hall–Kier alpha value is -3.44. The summed E-state index contributed by atoms with van der Waals surface area (Å²) in [4.78, 5) is 30.3. The van der Waals surface area contributed by atoms with E-state index in [2.05, 4.69) is 35.7 Å². The zero-order chi connectivity index (χ0) is 35.1. The molecule has 1 saturated carbocycles. The number of nitrogens with one attached hydrogen (secondary N) is 1. The number of rotatable bonds is 4. The normalized spacial score (nSPS) is 21.4. The average Bonchev–Trinajstić information content (AvgIpc) is 3.43. The van der Waals surface area contributed by atoms with Crippen molar-refractivity contribution in [2.75, 3.05) is 43.4 Å². The van der Waals surface area contributed by atoms with Crippen molar-refractivity contribution in [1.82, 2.24) is 24.6 Å². The fourth-order valence-corrected chi connectivity index (χ4v) is 7.99. The second-order valence-electron chi connectivity index (χ2n) is 16.5. The predicted molar refractivity (Wildman–Crippen MR) is 191 cm³/mol. The molecule has 1 aliphatic carbocycles. The highest BCUT2D eigenvalue weighted by molar-refractivity contribution is 6.36. The van der Waals surface area contributed by atoms with Gasteiger partial charge in [0.2, 0.25) is 0 Å². The van der Waals surface area contributed by atoms with Crippen molar-refractivity contribution in [3.05, 3.63) is 28.5 Å². The molecule has 3 aliphatic rings. The van der Waals surface area contributed by atoms with Crippen LogP contribution in [0.5, 0.6) is 0 Å². The largest absolute Gasteiger partial charge is 0.444 e. The summed E-state index contributed by atoms with van der Waals surface area (Å²) in [7, 11) is 0. The number of hydrogen-bond donors (Lipinski definition) is 2. The van der Waals surface area contributed by atoms with Crippen LogP contribution in [0.1, 0.15) is 92.0 Å². The van der Waals surface area contributed by atoms with Crippen molar-refractivity contribution in [1.29, 1.82) is 0 Å². The smallest absolute Gasteiger partial charge is 0.419 e. The number of halogens is 1. The Labute approximate surface area is 289 Å². The van der Waals surface area contributed by atoms with Gasteiger partial charge in [0.05, 0.1) is 27.8 Å². The molecule has 2 aromatic heterocycles. The molecule has 0 unspecified atom stereocenters. The molecule has 1 spiro atoms. The lowest BCUT2D eigenvalue weighted by atomic mass is 9.61. The number of aryl methyl sites for hydroxylation is 1. The van der Waals surface area contributed by atoms with Gasteiger partial charge in [0, 0.05) is 66.5 Å². The highest BCUT2D eigenvalue weighted by atomic mass is 35.5. The maximum atomic E-state index is 13.4. The van der Waals surface area contributed by atoms with Gasteiger partial charge in [0.1, 0.15) is 11.2 Å². The van der Waals surface area contributed by atoms with Crippen molar-refractivity contribution in [2.45, 2.75) is 111 Å². The molecule has 1 atom stereocenters. The minimum atomic E-state index is -0.672. The summed E-state index contributed by atoms with van der Waals surface area (Å²) in [6, 6.07) is 2.08. The average molecular weight is 682 g/mol. The van der Waals surface area contributed by atoms with Gasteiger partial charge in [0.25, 0.3) is 0 Å². The summed E-state index contributed by atoms with van der Waals surface area (Å²) in [5.74, 6) is 0.876. The number of benzene rings is 1. The van der Waals surface area contributed by atoms with E-state index in [9.17, 15) is 9.59 Å². The Kier molecular flexibility index (Phi) is 8.30. The summed E-state index contributed by atoms with van der Waals surface area (Å²) < 4.78 is 15.0. The molecule has 3 aromatic rings. The fraction of sp³-hybridized carbons (Fsp3) is 0.639. The van der Waals surface area contributed by atoms with E-state index < -0.39 is 17.3 Å². The summed E-state index contributed by atoms with van der Waals surface area (Å²) in [5, 5.41) is 10.3. The third-order valence-electron chi connectivity index (χ3n) is 10.3. The zero-order valence-corrected chi connectivity index (χ0v) is 31.0. The maximum absolute atomic E-state index is 13.4. The number of piperazine rings is 1. The molecule has 3 fully saturated rings. The number of carbonyl (C=O) groups excluding carboxylic acids is 2. The molecular formula is C36H52ClN7O4. The van der Waals surface area contributed by atoms with E-state index in [-0.39, 0.29) is 23.1 Å². The van der Waals surface area contributed by atoms with E-state index in [1.165, 1.54) is 4.57 Å². The molecule has 2 aliphatic heterocycles. The number of anilines is 2. The molecule has 6 rings (SSSR count). The minimum absolute atomic E-state index is 0.0799. The van der Waals surface area contributed by atoms with E-state index in [0.29, 0.717) is 34.7 Å². The summed E-state index contributed by atoms with van der Waals surface area (Å²) in [6.45, 7) is 23.6. The highest BCUT2D eigenvalue weighted by Crippen LogP contribution is 2.56. The molecule has 1 amide bonds. The molecule has 1 aromatic carbocycles. The number of carbonyl (C=O) groups is 2. The molecular weight excluding hydrogens is 630 g/mol. The molecule has 12 heteroatoms. The van der Waals surface area contributed by atoms with Crippen molar-refractivity contribution in [3.63, 3.8) is 0 Å². The van der Waals surface area contributed by atoms with Crippen LogP contribution in [0.2, 0.25) is 5.02 Å². The Morgan fingerprint density at radius 2 is 1.69 bits per heavy atom. The Balaban J connectivity index is 1.44. The summed E-state index contributed by atoms with van der Waals surface area (Å²) in [6.07, 6.45) is 3.67. The van der Waals surface area contributed by atoms with Crippen LogP contribution in [0, 0.1) is 19.3 Å². The van der Waals surface area contributed by atoms with Gasteiger partial charge in [-0.3, -0.25) is 9.25 Å². The lowest BCUT2D eigenvalue weighted by molar-refractivity contribution is -0.0930. The van der Waals surface area contributed by atoms with Gasteiger partial charge < -0.3 is 30.3 Å². The Bertz CT molecular complexity index is 1770. The molecule has 4 heterocycles. The first-order valence-electron chi connectivity index (χ1n) is 17.2. The zero-order valence-electron chi connectivity index (χ0n) is 30.2. The van der Waals surface area contributed by atoms with E-state index in [1.54, 1.807) is 6.20 Å². The molecule has 0 radical (unpaired) electrons. The number of nitrogens with two attached hydrogens (primary N) is 1. The van der Waals surface area contributed by atoms with Crippen LogP contribution < -0.4 is 16.0 Å². The van der Waals surface area contributed by atoms with Crippen LogP contribution in [-0.4, -0.2) is 80.9 Å². The van der Waals surface area contributed by atoms with Crippen LogP contribution in [0.4, 0.5) is 21.1 Å². The SMILES string of the molecule is CC[C@@]1(C)CNCCN1c1nn(C2CC3(C2)CN(C(=O)OC(C)(C)C)C3)c(C)c1-c1c(Cl)c(C)cc2c1c(N)cn2C(=O)OC(C)(C)C.